The van der Waals surface area contributed by atoms with Crippen molar-refractivity contribution in [1.29, 1.82) is 0 Å². The predicted molar refractivity (Wildman–Crippen MR) is 65.2 cm³/mol. The highest BCUT2D eigenvalue weighted by molar-refractivity contribution is 5.89. The van der Waals surface area contributed by atoms with E-state index in [9.17, 15) is 4.79 Å². The molecule has 6 nitrogen and oxygen atoms in total. The molecule has 2 rings (SSSR count). The van der Waals surface area contributed by atoms with Crippen LogP contribution in [0.1, 0.15) is 23.0 Å². The van der Waals surface area contributed by atoms with Crippen molar-refractivity contribution < 1.29 is 9.53 Å². The summed E-state index contributed by atoms with van der Waals surface area (Å²) in [5.74, 6) is -0.332. The molecule has 0 fully saturated rings. The Bertz CT molecular complexity index is 533. The quantitative estimate of drug-likeness (QED) is 0.810. The largest absolute Gasteiger partial charge is 0.462 e. The number of carbonyl (C=O) groups is 1. The summed E-state index contributed by atoms with van der Waals surface area (Å²) in [5, 5.41) is 7.74. The highest BCUT2D eigenvalue weighted by Crippen LogP contribution is 2.11. The molecule has 2 N–H and O–H groups in total. The zero-order valence-electron chi connectivity index (χ0n) is 10.0. The van der Waals surface area contributed by atoms with Gasteiger partial charge in [0.2, 0.25) is 0 Å². The third-order valence-electron chi connectivity index (χ3n) is 2.45. The Labute approximate surface area is 104 Å². The van der Waals surface area contributed by atoms with E-state index in [-0.39, 0.29) is 5.97 Å². The van der Waals surface area contributed by atoms with E-state index in [1.165, 1.54) is 0 Å². The maximum absolute atomic E-state index is 11.5. The summed E-state index contributed by atoms with van der Waals surface area (Å²) >= 11 is 0. The zero-order valence-corrected chi connectivity index (χ0v) is 10.0. The van der Waals surface area contributed by atoms with Crippen LogP contribution in [0.15, 0.2) is 30.5 Å². The summed E-state index contributed by atoms with van der Waals surface area (Å²) < 4.78 is 6.54. The number of benzene rings is 1. The van der Waals surface area contributed by atoms with Crippen molar-refractivity contribution in [3.05, 3.63) is 41.7 Å². The van der Waals surface area contributed by atoms with E-state index in [0.29, 0.717) is 18.7 Å². The number of rotatable bonds is 4. The molecule has 0 bridgehead atoms. The molecule has 0 saturated heterocycles. The highest BCUT2D eigenvalue weighted by atomic mass is 16.5. The summed E-state index contributed by atoms with van der Waals surface area (Å²) in [6.07, 6.45) is 1.61. The molecule has 0 radical (unpaired) electrons. The van der Waals surface area contributed by atoms with E-state index in [4.69, 9.17) is 10.5 Å². The van der Waals surface area contributed by atoms with Gasteiger partial charge in [0.05, 0.1) is 29.7 Å². The van der Waals surface area contributed by atoms with Gasteiger partial charge in [-0.2, -0.15) is 0 Å². The van der Waals surface area contributed by atoms with Crippen LogP contribution in [-0.2, 0) is 11.3 Å². The third-order valence-corrected chi connectivity index (χ3v) is 2.45. The molecule has 1 aromatic heterocycles. The topological polar surface area (TPSA) is 83.0 Å². The highest BCUT2D eigenvalue weighted by Gasteiger charge is 2.08. The van der Waals surface area contributed by atoms with Gasteiger partial charge in [0.1, 0.15) is 0 Å². The summed E-state index contributed by atoms with van der Waals surface area (Å²) in [6, 6.07) is 6.94. The van der Waals surface area contributed by atoms with Gasteiger partial charge >= 0.3 is 5.97 Å². The maximum Gasteiger partial charge on any atom is 0.338 e. The first-order valence-electron chi connectivity index (χ1n) is 5.63. The number of carbonyl (C=O) groups excluding carboxylic acids is 1. The predicted octanol–water partition coefficient (Wildman–Crippen LogP) is 0.903. The lowest BCUT2D eigenvalue weighted by atomic mass is 10.2. The van der Waals surface area contributed by atoms with E-state index in [1.807, 2.05) is 0 Å². The van der Waals surface area contributed by atoms with E-state index in [0.717, 1.165) is 11.4 Å². The minimum absolute atomic E-state index is 0.332. The van der Waals surface area contributed by atoms with Crippen molar-refractivity contribution in [2.75, 3.05) is 6.61 Å². The molecule has 18 heavy (non-hydrogen) atoms. The van der Waals surface area contributed by atoms with Gasteiger partial charge in [0, 0.05) is 6.54 Å². The van der Waals surface area contributed by atoms with Crippen molar-refractivity contribution in [3.63, 3.8) is 0 Å². The SMILES string of the molecule is CCOC(=O)c1ccc(-n2nncc2CN)cc1. The molecule has 0 atom stereocenters. The maximum atomic E-state index is 11.5. The van der Waals surface area contributed by atoms with Crippen molar-refractivity contribution in [2.45, 2.75) is 13.5 Å². The summed E-state index contributed by atoms with van der Waals surface area (Å²) in [7, 11) is 0. The number of hydrogen-bond acceptors (Lipinski definition) is 5. The smallest absolute Gasteiger partial charge is 0.338 e. The molecule has 0 unspecified atom stereocenters. The number of nitrogens with zero attached hydrogens (tertiary/aromatic N) is 3. The molecule has 6 heteroatoms. The van der Waals surface area contributed by atoms with Crippen LogP contribution in [0.2, 0.25) is 0 Å². The molecule has 0 saturated carbocycles. The first kappa shape index (κ1) is 12.3. The Hall–Kier alpha value is -2.21. The van der Waals surface area contributed by atoms with Gasteiger partial charge in [0.15, 0.2) is 0 Å². The Morgan fingerprint density at radius 3 is 2.72 bits per heavy atom. The summed E-state index contributed by atoms with van der Waals surface area (Å²) in [4.78, 5) is 11.5. The van der Waals surface area contributed by atoms with Crippen LogP contribution in [0.25, 0.3) is 5.69 Å². The lowest BCUT2D eigenvalue weighted by Gasteiger charge is -2.05. The van der Waals surface area contributed by atoms with E-state index in [1.54, 1.807) is 42.1 Å². The number of nitrogens with two attached hydrogens (primary N) is 1. The van der Waals surface area contributed by atoms with Crippen LogP contribution in [0.3, 0.4) is 0 Å². The molecule has 1 aromatic carbocycles. The minimum Gasteiger partial charge on any atom is -0.462 e. The van der Waals surface area contributed by atoms with Crippen molar-refractivity contribution in [3.8, 4) is 5.69 Å². The van der Waals surface area contributed by atoms with Crippen molar-refractivity contribution in [1.82, 2.24) is 15.0 Å². The monoisotopic (exact) mass is 246 g/mol. The average molecular weight is 246 g/mol. The Kier molecular flexibility index (Phi) is 3.69. The first-order valence-corrected chi connectivity index (χ1v) is 5.63. The van der Waals surface area contributed by atoms with Gasteiger partial charge in [-0.05, 0) is 31.2 Å². The second kappa shape index (κ2) is 5.42. The molecule has 0 aliphatic rings. The lowest BCUT2D eigenvalue weighted by molar-refractivity contribution is 0.0526. The fraction of sp³-hybridized carbons (Fsp3) is 0.250. The van der Waals surface area contributed by atoms with Crippen molar-refractivity contribution >= 4 is 5.97 Å². The fourth-order valence-electron chi connectivity index (χ4n) is 1.57. The standard InChI is InChI=1S/C12H14N4O2/c1-2-18-12(17)9-3-5-10(6-4-9)16-11(7-13)8-14-15-16/h3-6,8H,2,7,13H2,1H3. The molecule has 0 aliphatic carbocycles. The molecule has 1 heterocycles. The number of hydrogen-bond donors (Lipinski definition) is 1. The second-order valence-electron chi connectivity index (χ2n) is 3.61. The van der Waals surface area contributed by atoms with E-state index < -0.39 is 0 Å². The molecular formula is C12H14N4O2. The van der Waals surface area contributed by atoms with Crippen LogP contribution < -0.4 is 5.73 Å². The summed E-state index contributed by atoms with van der Waals surface area (Å²) in [6.45, 7) is 2.49. The fourth-order valence-corrected chi connectivity index (χ4v) is 1.57. The Morgan fingerprint density at radius 2 is 2.11 bits per heavy atom. The minimum atomic E-state index is -0.332. The van der Waals surface area contributed by atoms with E-state index in [2.05, 4.69) is 10.3 Å². The lowest BCUT2D eigenvalue weighted by Crippen LogP contribution is -2.08. The van der Waals surface area contributed by atoms with Crippen LogP contribution in [0.4, 0.5) is 0 Å². The van der Waals surface area contributed by atoms with Crippen LogP contribution in [-0.4, -0.2) is 27.6 Å². The molecule has 2 aromatic rings. The first-order chi connectivity index (χ1) is 8.76. The molecule has 0 amide bonds. The van der Waals surface area contributed by atoms with Gasteiger partial charge in [-0.1, -0.05) is 5.21 Å². The Morgan fingerprint density at radius 1 is 1.39 bits per heavy atom. The zero-order chi connectivity index (χ0) is 13.0. The van der Waals surface area contributed by atoms with Gasteiger partial charge < -0.3 is 10.5 Å². The normalized spacial score (nSPS) is 10.3. The number of aromatic nitrogens is 3. The Balaban J connectivity index is 2.25. The molecular weight excluding hydrogens is 232 g/mol. The third kappa shape index (κ3) is 2.38. The van der Waals surface area contributed by atoms with Crippen LogP contribution in [0, 0.1) is 0 Å². The molecule has 0 spiro atoms. The van der Waals surface area contributed by atoms with Gasteiger partial charge in [-0.15, -0.1) is 5.10 Å². The number of esters is 1. The van der Waals surface area contributed by atoms with Gasteiger partial charge in [-0.3, -0.25) is 0 Å². The van der Waals surface area contributed by atoms with Gasteiger partial charge in [0.25, 0.3) is 0 Å². The van der Waals surface area contributed by atoms with Crippen LogP contribution in [0.5, 0.6) is 0 Å². The average Bonchev–Trinajstić information content (AvgIpc) is 2.87. The second-order valence-corrected chi connectivity index (χ2v) is 3.61. The van der Waals surface area contributed by atoms with E-state index >= 15 is 0 Å². The van der Waals surface area contributed by atoms with Crippen molar-refractivity contribution in [2.24, 2.45) is 5.73 Å². The summed E-state index contributed by atoms with van der Waals surface area (Å²) in [5.41, 5.74) is 7.70. The molecule has 0 aliphatic heterocycles. The number of ether oxygens (including phenoxy) is 1. The van der Waals surface area contributed by atoms with Gasteiger partial charge in [-0.25, -0.2) is 9.48 Å². The van der Waals surface area contributed by atoms with Crippen LogP contribution >= 0.6 is 0 Å². The molecule has 94 valence electrons.